The summed E-state index contributed by atoms with van der Waals surface area (Å²) in [6.07, 6.45) is 4.31. The van der Waals surface area contributed by atoms with Crippen LogP contribution in [0.25, 0.3) is 0 Å². The van der Waals surface area contributed by atoms with Gasteiger partial charge < -0.3 is 61.4 Å². The molecule has 0 saturated carbocycles. The molecule has 0 heterocycles. The number of carbonyl (C=O) groups is 6. The molecule has 0 fully saturated rings. The molecule has 0 bridgehead atoms. The second-order valence-corrected chi connectivity index (χ2v) is 11.1. The van der Waals surface area contributed by atoms with Crippen LogP contribution in [0.5, 0.6) is 0 Å². The van der Waals surface area contributed by atoms with Crippen molar-refractivity contribution in [3.63, 3.8) is 0 Å². The minimum Gasteiger partial charge on any atom is -0.465 e. The van der Waals surface area contributed by atoms with Crippen molar-refractivity contribution in [2.24, 2.45) is 0 Å². The zero-order valence-electron chi connectivity index (χ0n) is 28.6. The predicted molar refractivity (Wildman–Crippen MR) is 179 cm³/mol. The van der Waals surface area contributed by atoms with Gasteiger partial charge >= 0.3 is 18.3 Å². The van der Waals surface area contributed by atoms with Crippen LogP contribution >= 0.6 is 0 Å². The summed E-state index contributed by atoms with van der Waals surface area (Å²) < 4.78 is 16.1. The van der Waals surface area contributed by atoms with Crippen LogP contribution in [0.15, 0.2) is 0 Å². The standard InChI is InChI=1S/C31H58N6O12/c38-26(13-4-2-7-16-35-29(41)42)32-14-6-1-3-12-27(39)33-15-8-5-11-25(37-31(45)46)28(40)34-17-9-19-47-21-23-49-24-22-48-20-10-18-36-30(43)44/h25,35-37H,1-24H2,(H,32,38)(H,33,39)(H,34,40)(H,41,42)(H,43,44)(H,45,46). The third kappa shape index (κ3) is 33.8. The summed E-state index contributed by atoms with van der Waals surface area (Å²) in [7, 11) is 0. The summed E-state index contributed by atoms with van der Waals surface area (Å²) in [6.45, 7) is 4.36. The maximum absolute atomic E-state index is 12.5. The van der Waals surface area contributed by atoms with Gasteiger partial charge in [-0.3, -0.25) is 14.4 Å². The summed E-state index contributed by atoms with van der Waals surface area (Å²) in [5.41, 5.74) is 0. The van der Waals surface area contributed by atoms with Gasteiger partial charge in [0.15, 0.2) is 0 Å². The maximum atomic E-state index is 12.5. The van der Waals surface area contributed by atoms with Gasteiger partial charge in [0, 0.05) is 58.8 Å². The molecule has 18 nitrogen and oxygen atoms in total. The van der Waals surface area contributed by atoms with Crippen molar-refractivity contribution < 1.29 is 58.3 Å². The van der Waals surface area contributed by atoms with Crippen molar-refractivity contribution in [1.29, 1.82) is 0 Å². The first-order chi connectivity index (χ1) is 23.6. The molecule has 0 aromatic heterocycles. The molecule has 0 saturated heterocycles. The Morgan fingerprint density at radius 2 is 0.837 bits per heavy atom. The molecule has 0 spiro atoms. The van der Waals surface area contributed by atoms with Gasteiger partial charge in [0.25, 0.3) is 0 Å². The van der Waals surface area contributed by atoms with Gasteiger partial charge in [-0.1, -0.05) is 12.8 Å². The quantitative estimate of drug-likeness (QED) is 0.0441. The number of ether oxygens (including phenoxy) is 3. The lowest BCUT2D eigenvalue weighted by Gasteiger charge is -2.17. The topological polar surface area (TPSA) is 263 Å². The maximum Gasteiger partial charge on any atom is 0.405 e. The largest absolute Gasteiger partial charge is 0.465 e. The second-order valence-electron chi connectivity index (χ2n) is 11.1. The molecule has 0 rings (SSSR count). The van der Waals surface area contributed by atoms with Crippen molar-refractivity contribution in [2.75, 3.05) is 72.4 Å². The van der Waals surface area contributed by atoms with E-state index in [0.29, 0.717) is 137 Å². The van der Waals surface area contributed by atoms with Crippen molar-refractivity contribution in [3.8, 4) is 0 Å². The Labute approximate surface area is 288 Å². The van der Waals surface area contributed by atoms with Gasteiger partial charge in [-0.05, 0) is 57.8 Å². The minimum absolute atomic E-state index is 0.0340. The number of hydrogen-bond donors (Lipinski definition) is 9. The minimum atomic E-state index is -1.29. The fourth-order valence-electron chi connectivity index (χ4n) is 4.31. The summed E-state index contributed by atoms with van der Waals surface area (Å²) in [5.74, 6) is -0.537. The highest BCUT2D eigenvalue weighted by molar-refractivity contribution is 5.85. The van der Waals surface area contributed by atoms with E-state index in [2.05, 4.69) is 31.9 Å². The third-order valence-corrected chi connectivity index (χ3v) is 6.87. The average Bonchev–Trinajstić information content (AvgIpc) is 3.04. The lowest BCUT2D eigenvalue weighted by Crippen LogP contribution is -2.46. The van der Waals surface area contributed by atoms with E-state index in [1.165, 1.54) is 0 Å². The van der Waals surface area contributed by atoms with Gasteiger partial charge in [-0.25, -0.2) is 14.4 Å². The van der Waals surface area contributed by atoms with Crippen LogP contribution in [0.4, 0.5) is 14.4 Å². The molecular weight excluding hydrogens is 648 g/mol. The SMILES string of the molecule is O=C(O)NCCCCCC(=O)NCCCCCC(=O)NCCCCC(NC(=O)O)C(=O)NCCCOCCOCCOCCCNC(=O)O. The number of nitrogens with one attached hydrogen (secondary N) is 6. The van der Waals surface area contributed by atoms with Crippen LogP contribution in [0, 0.1) is 0 Å². The summed E-state index contributed by atoms with van der Waals surface area (Å²) in [4.78, 5) is 68.2. The Kier molecular flexibility index (Phi) is 30.0. The molecule has 0 radical (unpaired) electrons. The highest BCUT2D eigenvalue weighted by atomic mass is 16.5. The van der Waals surface area contributed by atoms with Gasteiger partial charge in [0.2, 0.25) is 17.7 Å². The number of carbonyl (C=O) groups excluding carboxylic acids is 3. The first kappa shape index (κ1) is 45.1. The van der Waals surface area contributed by atoms with Crippen LogP contribution in [0.2, 0.25) is 0 Å². The van der Waals surface area contributed by atoms with E-state index < -0.39 is 30.2 Å². The van der Waals surface area contributed by atoms with Crippen molar-refractivity contribution in [3.05, 3.63) is 0 Å². The molecule has 1 atom stereocenters. The monoisotopic (exact) mass is 706 g/mol. The predicted octanol–water partition coefficient (Wildman–Crippen LogP) is 1.63. The third-order valence-electron chi connectivity index (χ3n) is 6.87. The molecule has 0 aromatic rings. The van der Waals surface area contributed by atoms with Crippen LogP contribution in [0.3, 0.4) is 0 Å². The van der Waals surface area contributed by atoms with E-state index in [4.69, 9.17) is 29.5 Å². The van der Waals surface area contributed by atoms with Crippen LogP contribution in [0.1, 0.15) is 83.5 Å². The molecule has 0 aliphatic rings. The normalized spacial score (nSPS) is 11.3. The molecule has 0 aliphatic carbocycles. The zero-order chi connectivity index (χ0) is 36.4. The van der Waals surface area contributed by atoms with Gasteiger partial charge in [-0.15, -0.1) is 0 Å². The Hall–Kier alpha value is -3.90. The molecule has 0 aromatic carbocycles. The summed E-state index contributed by atoms with van der Waals surface area (Å²) in [5, 5.41) is 41.2. The van der Waals surface area contributed by atoms with E-state index in [9.17, 15) is 28.8 Å². The van der Waals surface area contributed by atoms with E-state index in [1.54, 1.807) is 0 Å². The van der Waals surface area contributed by atoms with Crippen LogP contribution in [-0.4, -0.2) is 130 Å². The van der Waals surface area contributed by atoms with Crippen molar-refractivity contribution in [1.82, 2.24) is 31.9 Å². The molecule has 1 unspecified atom stereocenters. The van der Waals surface area contributed by atoms with Gasteiger partial charge in [-0.2, -0.15) is 0 Å². The van der Waals surface area contributed by atoms with Gasteiger partial charge in [0.05, 0.1) is 26.4 Å². The number of carboxylic acid groups (broad SMARTS) is 3. The molecule has 18 heteroatoms. The lowest BCUT2D eigenvalue weighted by atomic mass is 10.1. The van der Waals surface area contributed by atoms with E-state index >= 15 is 0 Å². The number of hydrogen-bond acceptors (Lipinski definition) is 9. The molecule has 284 valence electrons. The van der Waals surface area contributed by atoms with E-state index in [0.717, 1.165) is 19.3 Å². The fraction of sp³-hybridized carbons (Fsp3) is 0.806. The molecular formula is C31H58N6O12. The number of amides is 6. The number of unbranched alkanes of at least 4 members (excludes halogenated alkanes) is 5. The zero-order valence-corrected chi connectivity index (χ0v) is 28.6. The lowest BCUT2D eigenvalue weighted by molar-refractivity contribution is -0.123. The summed E-state index contributed by atoms with van der Waals surface area (Å²) >= 11 is 0. The Balaban J connectivity index is 3.76. The molecule has 6 amide bonds. The first-order valence-corrected chi connectivity index (χ1v) is 17.1. The average molecular weight is 707 g/mol. The fourth-order valence-corrected chi connectivity index (χ4v) is 4.31. The molecule has 49 heavy (non-hydrogen) atoms. The first-order valence-electron chi connectivity index (χ1n) is 17.1. The molecule has 0 aliphatic heterocycles. The summed E-state index contributed by atoms with van der Waals surface area (Å²) in [6, 6.07) is -0.903. The van der Waals surface area contributed by atoms with Crippen molar-refractivity contribution in [2.45, 2.75) is 89.5 Å². The Morgan fingerprint density at radius 1 is 0.429 bits per heavy atom. The van der Waals surface area contributed by atoms with E-state index in [1.807, 2.05) is 0 Å². The Morgan fingerprint density at radius 3 is 1.31 bits per heavy atom. The van der Waals surface area contributed by atoms with Gasteiger partial charge in [0.1, 0.15) is 6.04 Å². The van der Waals surface area contributed by atoms with E-state index in [-0.39, 0.29) is 11.8 Å². The number of rotatable bonds is 33. The highest BCUT2D eigenvalue weighted by Gasteiger charge is 2.19. The molecule has 9 N–H and O–H groups in total. The smallest absolute Gasteiger partial charge is 0.405 e. The Bertz CT molecular complexity index is 927. The van der Waals surface area contributed by atoms with Crippen molar-refractivity contribution >= 4 is 36.0 Å². The highest BCUT2D eigenvalue weighted by Crippen LogP contribution is 2.04. The van der Waals surface area contributed by atoms with Crippen LogP contribution < -0.4 is 31.9 Å². The van der Waals surface area contributed by atoms with Crippen LogP contribution in [-0.2, 0) is 28.6 Å². The second kappa shape index (κ2) is 32.6.